The Hall–Kier alpha value is -1.77. The molecule has 0 saturated heterocycles. The van der Waals surface area contributed by atoms with Gasteiger partial charge in [-0.05, 0) is 29.1 Å². The Morgan fingerprint density at radius 2 is 2.10 bits per heavy atom. The molecule has 20 heavy (non-hydrogen) atoms. The van der Waals surface area contributed by atoms with E-state index in [2.05, 4.69) is 4.72 Å². The molecule has 0 radical (unpaired) electrons. The lowest BCUT2D eigenvalue weighted by atomic mass is 10.2. The van der Waals surface area contributed by atoms with Crippen molar-refractivity contribution in [3.63, 3.8) is 0 Å². The van der Waals surface area contributed by atoms with Crippen molar-refractivity contribution in [2.75, 3.05) is 0 Å². The molecule has 0 unspecified atom stereocenters. The standard InChI is InChI=1S/C12H10FNO4S2/c13-9-3-1-2-8(6-9)7-14-20(17,18)10-4-5-19-11(10)12(15)16/h1-6,14H,7H2,(H,15,16). The third-order valence-corrected chi connectivity index (χ3v) is 4.94. The fourth-order valence-corrected chi connectivity index (χ4v) is 3.84. The van der Waals surface area contributed by atoms with Gasteiger partial charge in [-0.1, -0.05) is 12.1 Å². The summed E-state index contributed by atoms with van der Waals surface area (Å²) < 4.78 is 39.3. The minimum absolute atomic E-state index is 0.116. The number of aromatic carboxylic acids is 1. The SMILES string of the molecule is O=C(O)c1sccc1S(=O)(=O)NCc1cccc(F)c1. The van der Waals surface area contributed by atoms with Crippen molar-refractivity contribution in [1.29, 1.82) is 0 Å². The fourth-order valence-electron chi connectivity index (χ4n) is 1.57. The Bertz CT molecular complexity index is 739. The van der Waals surface area contributed by atoms with E-state index < -0.39 is 21.8 Å². The first-order valence-electron chi connectivity index (χ1n) is 5.45. The van der Waals surface area contributed by atoms with E-state index in [1.54, 1.807) is 6.07 Å². The number of hydrogen-bond acceptors (Lipinski definition) is 4. The highest BCUT2D eigenvalue weighted by Gasteiger charge is 2.23. The number of rotatable bonds is 5. The lowest BCUT2D eigenvalue weighted by Gasteiger charge is -2.06. The zero-order valence-corrected chi connectivity index (χ0v) is 11.7. The van der Waals surface area contributed by atoms with Crippen molar-refractivity contribution < 1.29 is 22.7 Å². The molecule has 1 aromatic heterocycles. The predicted molar refractivity (Wildman–Crippen MR) is 71.7 cm³/mol. The molecule has 0 aliphatic carbocycles. The van der Waals surface area contributed by atoms with Gasteiger partial charge in [-0.3, -0.25) is 0 Å². The zero-order valence-electron chi connectivity index (χ0n) is 10.0. The quantitative estimate of drug-likeness (QED) is 0.884. The molecule has 2 N–H and O–H groups in total. The first-order chi connectivity index (χ1) is 9.40. The second-order valence-electron chi connectivity index (χ2n) is 3.87. The minimum Gasteiger partial charge on any atom is -0.477 e. The largest absolute Gasteiger partial charge is 0.477 e. The van der Waals surface area contributed by atoms with E-state index in [1.807, 2.05) is 0 Å². The van der Waals surface area contributed by atoms with Gasteiger partial charge in [0.2, 0.25) is 10.0 Å². The fraction of sp³-hybridized carbons (Fsp3) is 0.0833. The maximum absolute atomic E-state index is 13.0. The summed E-state index contributed by atoms with van der Waals surface area (Å²) in [6, 6.07) is 6.71. The van der Waals surface area contributed by atoms with Crippen molar-refractivity contribution >= 4 is 27.3 Å². The van der Waals surface area contributed by atoms with Crippen LogP contribution in [0.1, 0.15) is 15.2 Å². The van der Waals surface area contributed by atoms with Crippen LogP contribution in [0.5, 0.6) is 0 Å². The van der Waals surface area contributed by atoms with Crippen LogP contribution < -0.4 is 4.72 Å². The molecule has 0 aliphatic rings. The van der Waals surface area contributed by atoms with Crippen molar-refractivity contribution in [3.8, 4) is 0 Å². The molecule has 0 bridgehead atoms. The van der Waals surface area contributed by atoms with E-state index in [4.69, 9.17) is 5.11 Å². The van der Waals surface area contributed by atoms with Gasteiger partial charge in [0.05, 0.1) is 0 Å². The highest BCUT2D eigenvalue weighted by atomic mass is 32.2. The summed E-state index contributed by atoms with van der Waals surface area (Å²) in [6.07, 6.45) is 0. The summed E-state index contributed by atoms with van der Waals surface area (Å²) in [4.78, 5) is 10.4. The lowest BCUT2D eigenvalue weighted by Crippen LogP contribution is -2.24. The Balaban J connectivity index is 2.19. The van der Waals surface area contributed by atoms with Crippen LogP contribution in [0.2, 0.25) is 0 Å². The van der Waals surface area contributed by atoms with Crippen LogP contribution in [0.3, 0.4) is 0 Å². The molecule has 0 fully saturated rings. The van der Waals surface area contributed by atoms with E-state index in [0.29, 0.717) is 5.56 Å². The molecule has 0 spiro atoms. The molecular formula is C12H10FNO4S2. The molecule has 5 nitrogen and oxygen atoms in total. The van der Waals surface area contributed by atoms with Gasteiger partial charge in [-0.25, -0.2) is 22.3 Å². The van der Waals surface area contributed by atoms with E-state index >= 15 is 0 Å². The highest BCUT2D eigenvalue weighted by molar-refractivity contribution is 7.89. The summed E-state index contributed by atoms with van der Waals surface area (Å²) in [5, 5.41) is 10.3. The minimum atomic E-state index is -3.95. The third kappa shape index (κ3) is 3.21. The maximum atomic E-state index is 13.0. The van der Waals surface area contributed by atoms with Crippen LogP contribution in [0.15, 0.2) is 40.6 Å². The smallest absolute Gasteiger partial charge is 0.347 e. The molecule has 0 amide bonds. The third-order valence-electron chi connectivity index (χ3n) is 2.47. The number of hydrogen-bond donors (Lipinski definition) is 2. The van der Waals surface area contributed by atoms with Crippen LogP contribution in [-0.4, -0.2) is 19.5 Å². The monoisotopic (exact) mass is 315 g/mol. The molecule has 1 heterocycles. The Kier molecular flexibility index (Phi) is 4.17. The Morgan fingerprint density at radius 3 is 2.75 bits per heavy atom. The molecule has 0 aliphatic heterocycles. The highest BCUT2D eigenvalue weighted by Crippen LogP contribution is 2.22. The van der Waals surface area contributed by atoms with E-state index in [9.17, 15) is 17.6 Å². The predicted octanol–water partition coefficient (Wildman–Crippen LogP) is 2.06. The number of sulfonamides is 1. The molecule has 8 heteroatoms. The van der Waals surface area contributed by atoms with Crippen molar-refractivity contribution in [2.24, 2.45) is 0 Å². The number of carboxylic acids is 1. The average molecular weight is 315 g/mol. The molecule has 2 rings (SSSR count). The van der Waals surface area contributed by atoms with E-state index in [0.717, 1.165) is 11.3 Å². The van der Waals surface area contributed by atoms with Gasteiger partial charge >= 0.3 is 5.97 Å². The average Bonchev–Trinajstić information content (AvgIpc) is 2.87. The summed E-state index contributed by atoms with van der Waals surface area (Å²) in [5.74, 6) is -1.77. The number of nitrogens with one attached hydrogen (secondary N) is 1. The number of halogens is 1. The lowest BCUT2D eigenvalue weighted by molar-refractivity contribution is 0.0698. The van der Waals surface area contributed by atoms with Crippen LogP contribution in [0, 0.1) is 5.82 Å². The molecule has 0 atom stereocenters. The summed E-state index contributed by atoms with van der Waals surface area (Å²) in [7, 11) is -3.95. The van der Waals surface area contributed by atoms with E-state index in [-0.39, 0.29) is 16.3 Å². The second-order valence-corrected chi connectivity index (χ2v) is 6.53. The van der Waals surface area contributed by atoms with Gasteiger partial charge in [0, 0.05) is 6.54 Å². The van der Waals surface area contributed by atoms with Crippen molar-refractivity contribution in [3.05, 3.63) is 52.0 Å². The van der Waals surface area contributed by atoms with Gasteiger partial charge in [-0.2, -0.15) is 0 Å². The normalized spacial score (nSPS) is 11.4. The maximum Gasteiger partial charge on any atom is 0.347 e. The van der Waals surface area contributed by atoms with Crippen LogP contribution in [0.25, 0.3) is 0 Å². The molecule has 106 valence electrons. The Morgan fingerprint density at radius 1 is 1.35 bits per heavy atom. The van der Waals surface area contributed by atoms with Gasteiger partial charge in [0.1, 0.15) is 15.6 Å². The zero-order chi connectivity index (χ0) is 14.8. The van der Waals surface area contributed by atoms with Gasteiger partial charge in [0.15, 0.2) is 0 Å². The number of carbonyl (C=O) groups is 1. The van der Waals surface area contributed by atoms with Crippen molar-refractivity contribution in [1.82, 2.24) is 4.72 Å². The van der Waals surface area contributed by atoms with Gasteiger partial charge in [0.25, 0.3) is 0 Å². The van der Waals surface area contributed by atoms with Crippen LogP contribution in [-0.2, 0) is 16.6 Å². The van der Waals surface area contributed by atoms with Gasteiger partial charge < -0.3 is 5.11 Å². The van der Waals surface area contributed by atoms with Crippen LogP contribution in [0.4, 0.5) is 4.39 Å². The summed E-state index contributed by atoms with van der Waals surface area (Å²) >= 11 is 0.830. The second kappa shape index (κ2) is 5.70. The van der Waals surface area contributed by atoms with Gasteiger partial charge in [-0.15, -0.1) is 11.3 Å². The topological polar surface area (TPSA) is 83.5 Å². The first-order valence-corrected chi connectivity index (χ1v) is 7.81. The van der Waals surface area contributed by atoms with Crippen LogP contribution >= 0.6 is 11.3 Å². The number of benzene rings is 1. The molecule has 1 aromatic carbocycles. The molecule has 0 saturated carbocycles. The van der Waals surface area contributed by atoms with Crippen molar-refractivity contribution in [2.45, 2.75) is 11.4 Å². The molecular weight excluding hydrogens is 305 g/mol. The number of thiophene rings is 1. The Labute approximate surface area is 118 Å². The summed E-state index contributed by atoms with van der Waals surface area (Å²) in [5.41, 5.74) is 0.445. The molecule has 2 aromatic rings. The van der Waals surface area contributed by atoms with E-state index in [1.165, 1.54) is 29.6 Å². The number of carboxylic acid groups (broad SMARTS) is 1. The summed E-state index contributed by atoms with van der Waals surface area (Å²) in [6.45, 7) is -0.116. The first kappa shape index (κ1) is 14.6.